The first kappa shape index (κ1) is 12.1. The first-order chi connectivity index (χ1) is 8.72. The van der Waals surface area contributed by atoms with Gasteiger partial charge in [0.25, 0.3) is 5.91 Å². The Morgan fingerprint density at radius 1 is 1.44 bits per heavy atom. The lowest BCUT2D eigenvalue weighted by Crippen LogP contribution is -2.63. The van der Waals surface area contributed by atoms with Crippen molar-refractivity contribution in [3.8, 4) is 0 Å². The van der Waals surface area contributed by atoms with Crippen molar-refractivity contribution in [2.24, 2.45) is 0 Å². The number of hydrogen-bond acceptors (Lipinski definition) is 4. The highest BCUT2D eigenvalue weighted by Crippen LogP contribution is 2.16. The van der Waals surface area contributed by atoms with Gasteiger partial charge in [-0.3, -0.25) is 14.6 Å². The number of carbonyl (C=O) groups is 1. The fraction of sp³-hybridized carbons (Fsp3) is 0.615. The molecule has 18 heavy (non-hydrogen) atoms. The molecule has 1 amide bonds. The van der Waals surface area contributed by atoms with Crippen LogP contribution >= 0.6 is 11.3 Å². The van der Waals surface area contributed by atoms with Gasteiger partial charge in [-0.05, 0) is 23.9 Å². The van der Waals surface area contributed by atoms with Gasteiger partial charge in [0.1, 0.15) is 0 Å². The third-order valence-electron chi connectivity index (χ3n) is 3.84. The van der Waals surface area contributed by atoms with E-state index in [9.17, 15) is 4.79 Å². The molecule has 1 unspecified atom stereocenters. The molecule has 1 aromatic heterocycles. The van der Waals surface area contributed by atoms with Crippen molar-refractivity contribution in [1.29, 1.82) is 0 Å². The van der Waals surface area contributed by atoms with Crippen LogP contribution in [-0.4, -0.2) is 61.0 Å². The molecule has 3 fully saturated rings. The van der Waals surface area contributed by atoms with Crippen LogP contribution in [0.15, 0.2) is 11.4 Å². The molecule has 3 saturated heterocycles. The van der Waals surface area contributed by atoms with E-state index < -0.39 is 0 Å². The first-order valence-corrected chi connectivity index (χ1v) is 7.40. The van der Waals surface area contributed by atoms with Crippen molar-refractivity contribution >= 4 is 17.2 Å². The number of thiophene rings is 1. The van der Waals surface area contributed by atoms with Gasteiger partial charge in [0.2, 0.25) is 0 Å². The van der Waals surface area contributed by atoms with E-state index in [0.29, 0.717) is 6.04 Å². The second-order valence-electron chi connectivity index (χ2n) is 5.19. The van der Waals surface area contributed by atoms with Crippen molar-refractivity contribution in [2.75, 3.05) is 39.3 Å². The predicted molar refractivity (Wildman–Crippen MR) is 73.2 cm³/mol. The number of carbonyl (C=O) groups excluding carboxylic acids is 1. The zero-order valence-corrected chi connectivity index (χ0v) is 11.5. The number of aryl methyl sites for hydroxylation is 1. The maximum atomic E-state index is 12.0. The van der Waals surface area contributed by atoms with Crippen LogP contribution in [0.5, 0.6) is 0 Å². The zero-order chi connectivity index (χ0) is 12.5. The average molecular weight is 265 g/mol. The van der Waals surface area contributed by atoms with Crippen molar-refractivity contribution in [2.45, 2.75) is 13.0 Å². The highest BCUT2D eigenvalue weighted by molar-refractivity contribution is 7.12. The molecule has 1 atom stereocenters. The Bertz CT molecular complexity index is 437. The molecule has 0 saturated carbocycles. The molecule has 4 heterocycles. The molecule has 0 radical (unpaired) electrons. The first-order valence-electron chi connectivity index (χ1n) is 6.52. The fourth-order valence-corrected chi connectivity index (χ4v) is 3.58. The van der Waals surface area contributed by atoms with Crippen LogP contribution in [0.3, 0.4) is 0 Å². The van der Waals surface area contributed by atoms with Gasteiger partial charge in [-0.2, -0.15) is 0 Å². The zero-order valence-electron chi connectivity index (χ0n) is 10.7. The van der Waals surface area contributed by atoms with Crippen molar-refractivity contribution in [1.82, 2.24) is 15.1 Å². The summed E-state index contributed by atoms with van der Waals surface area (Å²) in [5.41, 5.74) is 1.16. The van der Waals surface area contributed by atoms with Crippen LogP contribution in [0.1, 0.15) is 15.2 Å². The maximum absolute atomic E-state index is 12.0. The van der Waals surface area contributed by atoms with Gasteiger partial charge in [0.15, 0.2) is 0 Å². The van der Waals surface area contributed by atoms with Crippen molar-refractivity contribution < 1.29 is 4.79 Å². The number of nitrogens with zero attached hydrogens (tertiary/aromatic N) is 2. The van der Waals surface area contributed by atoms with Crippen LogP contribution < -0.4 is 5.32 Å². The summed E-state index contributed by atoms with van der Waals surface area (Å²) in [6.45, 7) is 8.57. The van der Waals surface area contributed by atoms with Crippen LogP contribution in [0, 0.1) is 6.92 Å². The van der Waals surface area contributed by atoms with Gasteiger partial charge in [0, 0.05) is 45.3 Å². The predicted octanol–water partition coefficient (Wildman–Crippen LogP) is 0.786. The Balaban J connectivity index is 1.54. The molecule has 5 heteroatoms. The second-order valence-corrected chi connectivity index (χ2v) is 6.10. The SMILES string of the molecule is Cc1csc(C(=O)NCC2CN3CCN2CC3)c1. The molecule has 1 aromatic rings. The molecule has 4 rings (SSSR count). The third-order valence-corrected chi connectivity index (χ3v) is 4.89. The average Bonchev–Trinajstić information content (AvgIpc) is 2.84. The summed E-state index contributed by atoms with van der Waals surface area (Å²) in [6, 6.07) is 2.45. The van der Waals surface area contributed by atoms with Gasteiger partial charge >= 0.3 is 0 Å². The topological polar surface area (TPSA) is 35.6 Å². The Labute approximate surface area is 112 Å². The lowest BCUT2D eigenvalue weighted by molar-refractivity contribution is 0.0138. The monoisotopic (exact) mass is 265 g/mol. The summed E-state index contributed by atoms with van der Waals surface area (Å²) in [6.07, 6.45) is 0. The van der Waals surface area contributed by atoms with Gasteiger partial charge < -0.3 is 5.32 Å². The molecule has 3 aliphatic heterocycles. The Hall–Kier alpha value is -0.910. The summed E-state index contributed by atoms with van der Waals surface area (Å²) < 4.78 is 0. The number of hydrogen-bond donors (Lipinski definition) is 1. The molecule has 0 aromatic carbocycles. The van der Waals surface area contributed by atoms with E-state index in [1.165, 1.54) is 24.4 Å². The smallest absolute Gasteiger partial charge is 0.261 e. The molecule has 0 spiro atoms. The van der Waals surface area contributed by atoms with Gasteiger partial charge in [0.05, 0.1) is 4.88 Å². The molecule has 2 bridgehead atoms. The summed E-state index contributed by atoms with van der Waals surface area (Å²) in [4.78, 5) is 17.8. The van der Waals surface area contributed by atoms with Gasteiger partial charge in [-0.15, -0.1) is 11.3 Å². The van der Waals surface area contributed by atoms with Crippen LogP contribution in [0.25, 0.3) is 0 Å². The summed E-state index contributed by atoms with van der Waals surface area (Å²) in [7, 11) is 0. The van der Waals surface area contributed by atoms with E-state index in [4.69, 9.17) is 0 Å². The molecule has 98 valence electrons. The molecule has 4 nitrogen and oxygen atoms in total. The second kappa shape index (κ2) is 4.99. The number of piperazine rings is 3. The van der Waals surface area contributed by atoms with Crippen LogP contribution in [-0.2, 0) is 0 Å². The van der Waals surface area contributed by atoms with E-state index in [2.05, 4.69) is 15.1 Å². The van der Waals surface area contributed by atoms with Crippen molar-refractivity contribution in [3.63, 3.8) is 0 Å². The van der Waals surface area contributed by atoms with Crippen molar-refractivity contribution in [3.05, 3.63) is 21.9 Å². The van der Waals surface area contributed by atoms with Gasteiger partial charge in [-0.1, -0.05) is 0 Å². The Morgan fingerprint density at radius 3 is 2.78 bits per heavy atom. The number of rotatable bonds is 3. The summed E-state index contributed by atoms with van der Waals surface area (Å²) in [5.74, 6) is 0.0748. The molecule has 1 N–H and O–H groups in total. The summed E-state index contributed by atoms with van der Waals surface area (Å²) in [5, 5.41) is 5.09. The van der Waals surface area contributed by atoms with Gasteiger partial charge in [-0.25, -0.2) is 0 Å². The van der Waals surface area contributed by atoms with Crippen LogP contribution in [0.2, 0.25) is 0 Å². The largest absolute Gasteiger partial charge is 0.350 e. The highest BCUT2D eigenvalue weighted by atomic mass is 32.1. The standard InChI is InChI=1S/C13H19N3OS/c1-10-6-12(18-9-10)13(17)14-7-11-8-15-2-4-16(11)5-3-15/h6,9,11H,2-5,7-8H2,1H3,(H,14,17). The maximum Gasteiger partial charge on any atom is 0.261 e. The minimum absolute atomic E-state index is 0.0748. The Morgan fingerprint density at radius 2 is 2.22 bits per heavy atom. The van der Waals surface area contributed by atoms with E-state index >= 15 is 0 Å². The van der Waals surface area contributed by atoms with Crippen LogP contribution in [0.4, 0.5) is 0 Å². The number of fused-ring (bicyclic) bond motifs is 3. The third kappa shape index (κ3) is 2.43. The molecular weight excluding hydrogens is 246 g/mol. The quantitative estimate of drug-likeness (QED) is 0.877. The molecular formula is C13H19N3OS. The van der Waals surface area contributed by atoms with E-state index in [1.54, 1.807) is 0 Å². The minimum atomic E-state index is 0.0748. The highest BCUT2D eigenvalue weighted by Gasteiger charge is 2.31. The van der Waals surface area contributed by atoms with E-state index in [1.807, 2.05) is 18.4 Å². The lowest BCUT2D eigenvalue weighted by Gasteiger charge is -2.47. The van der Waals surface area contributed by atoms with E-state index in [-0.39, 0.29) is 5.91 Å². The molecule has 0 aliphatic carbocycles. The normalized spacial score (nSPS) is 30.4. The summed E-state index contributed by atoms with van der Waals surface area (Å²) >= 11 is 1.52. The van der Waals surface area contributed by atoms with E-state index in [0.717, 1.165) is 36.6 Å². The lowest BCUT2D eigenvalue weighted by atomic mass is 10.1. The minimum Gasteiger partial charge on any atom is -0.350 e. The number of nitrogens with one attached hydrogen (secondary N) is 1. The number of amides is 1. The fourth-order valence-electron chi connectivity index (χ4n) is 2.77. The Kier molecular flexibility index (Phi) is 3.37. The molecule has 3 aliphatic rings.